The number of nitro groups is 1. The lowest BCUT2D eigenvalue weighted by atomic mass is 9.97. The molecule has 2 heterocycles. The second-order valence-electron chi connectivity index (χ2n) is 5.02. The summed E-state index contributed by atoms with van der Waals surface area (Å²) < 4.78 is 1.50. The molecule has 8 nitrogen and oxygen atoms in total. The quantitative estimate of drug-likeness (QED) is 0.646. The van der Waals surface area contributed by atoms with Crippen molar-refractivity contribution in [2.75, 3.05) is 13.1 Å². The topological polar surface area (TPSA) is 106 Å². The van der Waals surface area contributed by atoms with E-state index in [2.05, 4.69) is 15.5 Å². The molecule has 110 valence electrons. The van der Waals surface area contributed by atoms with E-state index in [0.717, 1.165) is 25.9 Å². The molecule has 2 aromatic rings. The van der Waals surface area contributed by atoms with E-state index < -0.39 is 4.92 Å². The molecule has 0 aliphatic carbocycles. The van der Waals surface area contributed by atoms with Crippen LogP contribution in [0.4, 0.5) is 5.69 Å². The SMILES string of the molecule is O=c1[nH]nc(C2CCNCC2)n1-c1ccc([N+](=O)[O-])cc1. The number of hydrogen-bond donors (Lipinski definition) is 2. The van der Waals surface area contributed by atoms with Crippen LogP contribution in [-0.4, -0.2) is 32.8 Å². The Morgan fingerprint density at radius 3 is 2.52 bits per heavy atom. The number of benzene rings is 1. The maximum Gasteiger partial charge on any atom is 0.347 e. The number of piperidine rings is 1. The average Bonchev–Trinajstić information content (AvgIpc) is 2.90. The summed E-state index contributed by atoms with van der Waals surface area (Å²) in [5.74, 6) is 0.899. The van der Waals surface area contributed by atoms with Gasteiger partial charge in [-0.2, -0.15) is 5.10 Å². The van der Waals surface area contributed by atoms with Crippen molar-refractivity contribution in [1.82, 2.24) is 20.1 Å². The van der Waals surface area contributed by atoms with Crippen molar-refractivity contribution in [1.29, 1.82) is 0 Å². The number of nitrogens with zero attached hydrogens (tertiary/aromatic N) is 3. The van der Waals surface area contributed by atoms with Crippen LogP contribution in [0.5, 0.6) is 0 Å². The zero-order chi connectivity index (χ0) is 14.8. The van der Waals surface area contributed by atoms with Crippen molar-refractivity contribution in [3.05, 3.63) is 50.7 Å². The van der Waals surface area contributed by atoms with Crippen molar-refractivity contribution in [2.45, 2.75) is 18.8 Å². The van der Waals surface area contributed by atoms with E-state index in [1.54, 1.807) is 12.1 Å². The summed E-state index contributed by atoms with van der Waals surface area (Å²) in [6.45, 7) is 1.79. The number of aromatic nitrogens is 3. The summed E-state index contributed by atoms with van der Waals surface area (Å²) in [7, 11) is 0. The number of H-pyrrole nitrogens is 1. The highest BCUT2D eigenvalue weighted by atomic mass is 16.6. The van der Waals surface area contributed by atoms with Gasteiger partial charge >= 0.3 is 5.69 Å². The zero-order valence-corrected chi connectivity index (χ0v) is 11.3. The van der Waals surface area contributed by atoms with Gasteiger partial charge in [0.25, 0.3) is 5.69 Å². The van der Waals surface area contributed by atoms with Crippen molar-refractivity contribution < 1.29 is 4.92 Å². The fraction of sp³-hybridized carbons (Fsp3) is 0.385. The monoisotopic (exact) mass is 289 g/mol. The van der Waals surface area contributed by atoms with Gasteiger partial charge in [0, 0.05) is 18.1 Å². The van der Waals surface area contributed by atoms with E-state index in [1.807, 2.05) is 0 Å². The molecule has 1 aliphatic heterocycles. The molecule has 0 saturated carbocycles. The first-order valence-corrected chi connectivity index (χ1v) is 6.79. The van der Waals surface area contributed by atoms with Crippen molar-refractivity contribution in [2.24, 2.45) is 0 Å². The molecule has 0 radical (unpaired) electrons. The Labute approximate surface area is 119 Å². The third-order valence-electron chi connectivity index (χ3n) is 3.72. The molecule has 3 rings (SSSR count). The Morgan fingerprint density at radius 2 is 1.90 bits per heavy atom. The van der Waals surface area contributed by atoms with Gasteiger partial charge in [-0.05, 0) is 38.1 Å². The van der Waals surface area contributed by atoms with Crippen LogP contribution in [0.2, 0.25) is 0 Å². The van der Waals surface area contributed by atoms with Crippen LogP contribution in [0.15, 0.2) is 29.1 Å². The lowest BCUT2D eigenvalue weighted by Gasteiger charge is -2.22. The molecule has 1 saturated heterocycles. The third-order valence-corrected chi connectivity index (χ3v) is 3.72. The Balaban J connectivity index is 1.99. The number of hydrogen-bond acceptors (Lipinski definition) is 5. The zero-order valence-electron chi connectivity index (χ0n) is 11.3. The van der Waals surface area contributed by atoms with Crippen molar-refractivity contribution in [3.8, 4) is 5.69 Å². The summed E-state index contributed by atoms with van der Waals surface area (Å²) >= 11 is 0. The average molecular weight is 289 g/mol. The molecule has 1 aromatic carbocycles. The fourth-order valence-corrected chi connectivity index (χ4v) is 2.64. The van der Waals surface area contributed by atoms with Gasteiger partial charge in [0.15, 0.2) is 0 Å². The minimum absolute atomic E-state index is 0.00119. The van der Waals surface area contributed by atoms with E-state index in [0.29, 0.717) is 11.5 Å². The smallest absolute Gasteiger partial charge is 0.317 e. The van der Waals surface area contributed by atoms with Gasteiger partial charge in [-0.15, -0.1) is 0 Å². The standard InChI is InChI=1S/C13H15N5O3/c19-13-16-15-12(9-5-7-14-8-6-9)17(13)10-1-3-11(4-2-10)18(20)21/h1-4,9,14H,5-8H2,(H,16,19). The molecular weight excluding hydrogens is 274 g/mol. The minimum atomic E-state index is -0.463. The molecule has 0 spiro atoms. The molecule has 21 heavy (non-hydrogen) atoms. The van der Waals surface area contributed by atoms with Gasteiger partial charge in [0.2, 0.25) is 0 Å². The van der Waals surface area contributed by atoms with Crippen LogP contribution in [0, 0.1) is 10.1 Å². The molecule has 2 N–H and O–H groups in total. The first kappa shape index (κ1) is 13.5. The second kappa shape index (κ2) is 5.49. The van der Waals surface area contributed by atoms with Crippen LogP contribution in [0.25, 0.3) is 5.69 Å². The molecule has 0 unspecified atom stereocenters. The third kappa shape index (κ3) is 2.57. The van der Waals surface area contributed by atoms with E-state index in [1.165, 1.54) is 16.7 Å². The van der Waals surface area contributed by atoms with Crippen LogP contribution in [0.3, 0.4) is 0 Å². The van der Waals surface area contributed by atoms with Gasteiger partial charge in [0.05, 0.1) is 10.6 Å². The van der Waals surface area contributed by atoms with Crippen LogP contribution < -0.4 is 11.0 Å². The van der Waals surface area contributed by atoms with Gasteiger partial charge in [-0.25, -0.2) is 14.5 Å². The Morgan fingerprint density at radius 1 is 1.24 bits per heavy atom. The van der Waals surface area contributed by atoms with Gasteiger partial charge in [0.1, 0.15) is 5.82 Å². The summed E-state index contributed by atoms with van der Waals surface area (Å²) in [6, 6.07) is 5.92. The largest absolute Gasteiger partial charge is 0.347 e. The van der Waals surface area contributed by atoms with Gasteiger partial charge in [-0.1, -0.05) is 0 Å². The molecule has 8 heteroatoms. The number of rotatable bonds is 3. The van der Waals surface area contributed by atoms with E-state index >= 15 is 0 Å². The Hall–Kier alpha value is -2.48. The fourth-order valence-electron chi connectivity index (χ4n) is 2.64. The normalized spacial score (nSPS) is 16.0. The molecule has 1 aromatic heterocycles. The molecule has 0 bridgehead atoms. The van der Waals surface area contributed by atoms with Crippen LogP contribution >= 0.6 is 0 Å². The molecule has 1 fully saturated rings. The van der Waals surface area contributed by atoms with E-state index in [-0.39, 0.29) is 17.3 Å². The van der Waals surface area contributed by atoms with Gasteiger partial charge in [-0.3, -0.25) is 10.1 Å². The predicted molar refractivity (Wildman–Crippen MR) is 75.7 cm³/mol. The predicted octanol–water partition coefficient (Wildman–Crippen LogP) is 0.936. The molecule has 0 atom stereocenters. The minimum Gasteiger partial charge on any atom is -0.317 e. The summed E-state index contributed by atoms with van der Waals surface area (Å²) in [6.07, 6.45) is 1.83. The maximum absolute atomic E-state index is 12.0. The summed E-state index contributed by atoms with van der Waals surface area (Å²) in [5.41, 5.74) is 0.268. The lowest BCUT2D eigenvalue weighted by Crippen LogP contribution is -2.29. The van der Waals surface area contributed by atoms with Crippen molar-refractivity contribution in [3.63, 3.8) is 0 Å². The number of nitro benzene ring substituents is 1. The highest BCUT2D eigenvalue weighted by Gasteiger charge is 2.22. The lowest BCUT2D eigenvalue weighted by molar-refractivity contribution is -0.384. The number of nitrogens with one attached hydrogen (secondary N) is 2. The van der Waals surface area contributed by atoms with E-state index in [4.69, 9.17) is 0 Å². The number of non-ortho nitro benzene ring substituents is 1. The first-order valence-electron chi connectivity index (χ1n) is 6.79. The van der Waals surface area contributed by atoms with Crippen LogP contribution in [0.1, 0.15) is 24.6 Å². The highest BCUT2D eigenvalue weighted by molar-refractivity contribution is 5.41. The van der Waals surface area contributed by atoms with E-state index in [9.17, 15) is 14.9 Å². The molecule has 0 amide bonds. The Bertz CT molecular complexity index is 697. The maximum atomic E-state index is 12.0. The van der Waals surface area contributed by atoms with Crippen molar-refractivity contribution >= 4 is 5.69 Å². The number of aromatic amines is 1. The van der Waals surface area contributed by atoms with Gasteiger partial charge < -0.3 is 5.32 Å². The highest BCUT2D eigenvalue weighted by Crippen LogP contribution is 2.24. The molecule has 1 aliphatic rings. The summed E-state index contributed by atoms with van der Waals surface area (Å²) in [5, 5.41) is 20.6. The Kier molecular flexibility index (Phi) is 3.53. The van der Waals surface area contributed by atoms with Crippen LogP contribution in [-0.2, 0) is 0 Å². The first-order chi connectivity index (χ1) is 10.2. The molecular formula is C13H15N5O3. The summed E-state index contributed by atoms with van der Waals surface area (Å²) in [4.78, 5) is 22.2. The second-order valence-corrected chi connectivity index (χ2v) is 5.02.